The van der Waals surface area contributed by atoms with Gasteiger partial charge in [-0.3, -0.25) is 10.1 Å². The van der Waals surface area contributed by atoms with E-state index in [4.69, 9.17) is 4.74 Å². The normalized spacial score (nSPS) is 22.4. The van der Waals surface area contributed by atoms with Crippen molar-refractivity contribution in [1.29, 1.82) is 0 Å². The van der Waals surface area contributed by atoms with Gasteiger partial charge >= 0.3 is 0 Å². The Morgan fingerprint density at radius 3 is 2.93 bits per heavy atom. The van der Waals surface area contributed by atoms with Crippen LogP contribution in [0.3, 0.4) is 0 Å². The highest BCUT2D eigenvalue weighted by Gasteiger charge is 2.31. The predicted octanol–water partition coefficient (Wildman–Crippen LogP) is 0.437. The molecule has 1 rings (SSSR count). The summed E-state index contributed by atoms with van der Waals surface area (Å²) in [6, 6.07) is 0. The van der Waals surface area contributed by atoms with Crippen LogP contribution in [0, 0.1) is 5.92 Å². The van der Waals surface area contributed by atoms with Gasteiger partial charge in [-0.05, 0) is 12.3 Å². The van der Waals surface area contributed by atoms with Gasteiger partial charge in [0.05, 0.1) is 12.7 Å². The number of hydrogen-bond donors (Lipinski definition) is 1. The van der Waals surface area contributed by atoms with Gasteiger partial charge in [0.15, 0.2) is 0 Å². The van der Waals surface area contributed by atoms with E-state index in [1.54, 1.807) is 7.11 Å². The lowest BCUT2D eigenvalue weighted by Gasteiger charge is -2.27. The van der Waals surface area contributed by atoms with Crippen LogP contribution < -0.4 is 5.32 Å². The minimum absolute atomic E-state index is 0.208. The van der Waals surface area contributed by atoms with Crippen molar-refractivity contribution in [2.24, 2.45) is 5.92 Å². The minimum atomic E-state index is 0.208. The molecule has 0 aromatic carbocycles. The van der Waals surface area contributed by atoms with Crippen molar-refractivity contribution >= 4 is 5.91 Å². The molecule has 1 saturated heterocycles. The lowest BCUT2D eigenvalue weighted by Crippen LogP contribution is -2.42. The predicted molar refractivity (Wildman–Crippen MR) is 54.8 cm³/mol. The van der Waals surface area contributed by atoms with Gasteiger partial charge < -0.3 is 9.64 Å². The summed E-state index contributed by atoms with van der Waals surface area (Å²) in [5, 5.41) is 3.22. The molecule has 1 fully saturated rings. The van der Waals surface area contributed by atoms with Gasteiger partial charge in [-0.2, -0.15) is 0 Å². The Bertz CT molecular complexity index is 195. The molecule has 1 heterocycles. The maximum absolute atomic E-state index is 11.5. The molecule has 0 aromatic heterocycles. The molecule has 1 unspecified atom stereocenters. The summed E-state index contributed by atoms with van der Waals surface area (Å²) < 4.78 is 4.97. The van der Waals surface area contributed by atoms with Gasteiger partial charge in [-0.25, -0.2) is 0 Å². The van der Waals surface area contributed by atoms with Crippen LogP contribution in [0.25, 0.3) is 0 Å². The van der Waals surface area contributed by atoms with Crippen molar-refractivity contribution in [2.75, 3.05) is 26.8 Å². The number of hydrogen-bond acceptors (Lipinski definition) is 3. The van der Waals surface area contributed by atoms with E-state index >= 15 is 0 Å². The van der Waals surface area contributed by atoms with Crippen LogP contribution in [0.1, 0.15) is 20.3 Å². The number of carbonyl (C=O) groups is 1. The standard InChI is InChI=1S/C10H20N2O2/c1-8(2)10-11-7-9(13)12(10)5-4-6-14-3/h8,10-11H,4-7H2,1-3H3. The van der Waals surface area contributed by atoms with E-state index in [-0.39, 0.29) is 12.1 Å². The molecule has 14 heavy (non-hydrogen) atoms. The SMILES string of the molecule is COCCCN1C(=O)CNC1C(C)C. The maximum atomic E-state index is 11.5. The van der Waals surface area contributed by atoms with Crippen LogP contribution in [0.15, 0.2) is 0 Å². The zero-order chi connectivity index (χ0) is 10.6. The van der Waals surface area contributed by atoms with Gasteiger partial charge in [-0.1, -0.05) is 13.8 Å². The van der Waals surface area contributed by atoms with E-state index in [0.29, 0.717) is 19.1 Å². The topological polar surface area (TPSA) is 41.6 Å². The highest BCUT2D eigenvalue weighted by atomic mass is 16.5. The highest BCUT2D eigenvalue weighted by molar-refractivity contribution is 5.80. The third-order valence-corrected chi connectivity index (χ3v) is 2.50. The first kappa shape index (κ1) is 11.5. The lowest BCUT2D eigenvalue weighted by atomic mass is 10.1. The van der Waals surface area contributed by atoms with E-state index in [9.17, 15) is 4.79 Å². The number of nitrogens with zero attached hydrogens (tertiary/aromatic N) is 1. The van der Waals surface area contributed by atoms with Crippen LogP contribution >= 0.6 is 0 Å². The van der Waals surface area contributed by atoms with Crippen molar-refractivity contribution in [3.8, 4) is 0 Å². The van der Waals surface area contributed by atoms with Crippen LogP contribution in [0.5, 0.6) is 0 Å². The monoisotopic (exact) mass is 200 g/mol. The fourth-order valence-corrected chi connectivity index (χ4v) is 1.80. The molecule has 82 valence electrons. The molecule has 0 aliphatic carbocycles. The van der Waals surface area contributed by atoms with Crippen LogP contribution in [-0.2, 0) is 9.53 Å². The van der Waals surface area contributed by atoms with Crippen molar-refractivity contribution < 1.29 is 9.53 Å². The van der Waals surface area contributed by atoms with Crippen molar-refractivity contribution in [1.82, 2.24) is 10.2 Å². The summed E-state index contributed by atoms with van der Waals surface area (Å²) in [4.78, 5) is 13.4. The average Bonchev–Trinajstić information content (AvgIpc) is 2.48. The molecule has 0 bridgehead atoms. The molecule has 0 aromatic rings. The molecule has 1 aliphatic heterocycles. The van der Waals surface area contributed by atoms with Crippen LogP contribution in [-0.4, -0.2) is 43.8 Å². The lowest BCUT2D eigenvalue weighted by molar-refractivity contribution is -0.128. The van der Waals surface area contributed by atoms with Gasteiger partial charge in [0.1, 0.15) is 0 Å². The van der Waals surface area contributed by atoms with Crippen LogP contribution in [0.4, 0.5) is 0 Å². The number of amides is 1. The second-order valence-electron chi connectivity index (χ2n) is 4.00. The first-order valence-corrected chi connectivity index (χ1v) is 5.18. The van der Waals surface area contributed by atoms with Crippen molar-refractivity contribution in [3.05, 3.63) is 0 Å². The van der Waals surface area contributed by atoms with E-state index in [2.05, 4.69) is 19.2 Å². The van der Waals surface area contributed by atoms with Crippen molar-refractivity contribution in [3.63, 3.8) is 0 Å². The number of carbonyl (C=O) groups excluding carboxylic acids is 1. The first-order valence-electron chi connectivity index (χ1n) is 5.18. The molecule has 4 nitrogen and oxygen atoms in total. The number of rotatable bonds is 5. The fourth-order valence-electron chi connectivity index (χ4n) is 1.80. The molecule has 1 N–H and O–H groups in total. The summed E-state index contributed by atoms with van der Waals surface area (Å²) in [5.74, 6) is 0.670. The molecular weight excluding hydrogens is 180 g/mol. The number of ether oxygens (including phenoxy) is 1. The van der Waals surface area contributed by atoms with Gasteiger partial charge in [-0.15, -0.1) is 0 Å². The Morgan fingerprint density at radius 2 is 2.36 bits per heavy atom. The zero-order valence-electron chi connectivity index (χ0n) is 9.25. The average molecular weight is 200 g/mol. The summed E-state index contributed by atoms with van der Waals surface area (Å²) in [7, 11) is 1.68. The molecule has 0 saturated carbocycles. The molecule has 0 radical (unpaired) electrons. The first-order chi connectivity index (χ1) is 6.66. The minimum Gasteiger partial charge on any atom is -0.385 e. The summed E-state index contributed by atoms with van der Waals surface area (Å²) in [6.07, 6.45) is 1.12. The second kappa shape index (κ2) is 5.32. The Morgan fingerprint density at radius 1 is 1.64 bits per heavy atom. The molecule has 1 aliphatic rings. The molecule has 1 atom stereocenters. The third kappa shape index (κ3) is 2.69. The molecular formula is C10H20N2O2. The van der Waals surface area contributed by atoms with E-state index in [0.717, 1.165) is 13.0 Å². The van der Waals surface area contributed by atoms with Gasteiger partial charge in [0.2, 0.25) is 5.91 Å². The molecule has 1 amide bonds. The maximum Gasteiger partial charge on any atom is 0.237 e. The zero-order valence-corrected chi connectivity index (χ0v) is 9.25. The number of methoxy groups -OCH3 is 1. The Labute approximate surface area is 85.6 Å². The molecule has 0 spiro atoms. The second-order valence-corrected chi connectivity index (χ2v) is 4.00. The number of nitrogens with one attached hydrogen (secondary N) is 1. The molecule has 4 heteroatoms. The van der Waals surface area contributed by atoms with E-state index in [1.165, 1.54) is 0 Å². The van der Waals surface area contributed by atoms with E-state index in [1.807, 2.05) is 4.90 Å². The Kier molecular flexibility index (Phi) is 4.35. The van der Waals surface area contributed by atoms with Gasteiger partial charge in [0.25, 0.3) is 0 Å². The van der Waals surface area contributed by atoms with Gasteiger partial charge in [0, 0.05) is 20.3 Å². The largest absolute Gasteiger partial charge is 0.385 e. The summed E-state index contributed by atoms with van der Waals surface area (Å²) in [5.41, 5.74) is 0. The van der Waals surface area contributed by atoms with Crippen molar-refractivity contribution in [2.45, 2.75) is 26.4 Å². The summed E-state index contributed by atoms with van der Waals surface area (Å²) in [6.45, 7) is 6.24. The Hall–Kier alpha value is -0.610. The third-order valence-electron chi connectivity index (χ3n) is 2.50. The Balaban J connectivity index is 2.41. The highest BCUT2D eigenvalue weighted by Crippen LogP contribution is 2.13. The quantitative estimate of drug-likeness (QED) is 0.655. The summed E-state index contributed by atoms with van der Waals surface area (Å²) >= 11 is 0. The fraction of sp³-hybridized carbons (Fsp3) is 0.900. The van der Waals surface area contributed by atoms with E-state index < -0.39 is 0 Å². The van der Waals surface area contributed by atoms with Crippen LogP contribution in [0.2, 0.25) is 0 Å². The smallest absolute Gasteiger partial charge is 0.237 e.